The van der Waals surface area contributed by atoms with E-state index in [4.69, 9.17) is 9.59 Å². The van der Waals surface area contributed by atoms with Crippen molar-refractivity contribution in [3.8, 4) is 11.1 Å². The Labute approximate surface area is 232 Å². The quantitative estimate of drug-likeness (QED) is 0.265. The monoisotopic (exact) mass is 535 g/mol. The average molecular weight is 536 g/mol. The van der Waals surface area contributed by atoms with Gasteiger partial charge in [0.2, 0.25) is 0 Å². The van der Waals surface area contributed by atoms with Crippen molar-refractivity contribution in [2.45, 2.75) is 34.1 Å². The first kappa shape index (κ1) is 29.4. The Morgan fingerprint density at radius 2 is 1.25 bits per heavy atom. The molecule has 0 fully saturated rings. The number of anilines is 1. The standard InChI is InChI=1S/C32H29NO4.CO2/c1-19-5-8-25(15-21(19)3)30(34)18-23-7-14-28(29(17-23)32(36)37)24-10-12-27(13-11-24)33-31(35)26-9-6-20(2)22(4)16-26;2-1-3/h5-17H,18H2,1-4H3,(H,33,35)(H,36,37);. The summed E-state index contributed by atoms with van der Waals surface area (Å²) in [5.41, 5.74) is 8.13. The van der Waals surface area contributed by atoms with E-state index in [1.165, 1.54) is 0 Å². The zero-order valence-corrected chi connectivity index (χ0v) is 22.7. The number of carbonyl (C=O) groups excluding carboxylic acids is 4. The maximum absolute atomic E-state index is 12.8. The summed E-state index contributed by atoms with van der Waals surface area (Å²) in [5.74, 6) is -1.33. The van der Waals surface area contributed by atoms with Crippen LogP contribution in [0.4, 0.5) is 5.69 Å². The van der Waals surface area contributed by atoms with Gasteiger partial charge in [-0.05, 0) is 103 Å². The van der Waals surface area contributed by atoms with Crippen LogP contribution in [0.2, 0.25) is 0 Å². The molecule has 0 saturated carbocycles. The van der Waals surface area contributed by atoms with Crippen LogP contribution >= 0.6 is 0 Å². The summed E-state index contributed by atoms with van der Waals surface area (Å²) in [6, 6.07) is 23.3. The van der Waals surface area contributed by atoms with E-state index in [0.29, 0.717) is 33.5 Å². The molecule has 0 saturated heterocycles. The van der Waals surface area contributed by atoms with Gasteiger partial charge in [-0.15, -0.1) is 0 Å². The molecule has 0 bridgehead atoms. The van der Waals surface area contributed by atoms with Crippen LogP contribution in [0.25, 0.3) is 11.1 Å². The molecule has 2 N–H and O–H groups in total. The van der Waals surface area contributed by atoms with Crippen LogP contribution in [-0.4, -0.2) is 28.9 Å². The fourth-order valence-electron chi connectivity index (χ4n) is 4.15. The first-order chi connectivity index (χ1) is 19.0. The van der Waals surface area contributed by atoms with E-state index in [-0.39, 0.29) is 29.8 Å². The number of rotatable bonds is 7. The second-order valence-corrected chi connectivity index (χ2v) is 9.50. The molecule has 0 radical (unpaired) electrons. The van der Waals surface area contributed by atoms with E-state index in [1.54, 1.807) is 54.6 Å². The number of carboxylic acids is 1. The number of ketones is 1. The number of Topliss-reactive ketones (excluding diaryl/α,β-unsaturated/α-hetero) is 1. The van der Waals surface area contributed by atoms with E-state index >= 15 is 0 Å². The van der Waals surface area contributed by atoms with Crippen molar-refractivity contribution < 1.29 is 29.1 Å². The first-order valence-corrected chi connectivity index (χ1v) is 12.5. The molecular formula is C33H29NO6. The summed E-state index contributed by atoms with van der Waals surface area (Å²) in [5, 5.41) is 12.8. The summed E-state index contributed by atoms with van der Waals surface area (Å²) < 4.78 is 0. The van der Waals surface area contributed by atoms with E-state index in [2.05, 4.69) is 5.32 Å². The number of aryl methyl sites for hydroxylation is 4. The molecule has 4 rings (SSSR count). The highest BCUT2D eigenvalue weighted by molar-refractivity contribution is 6.04. The molecule has 7 heteroatoms. The van der Waals surface area contributed by atoms with Gasteiger partial charge in [0.1, 0.15) is 0 Å². The fourth-order valence-corrected chi connectivity index (χ4v) is 4.15. The Morgan fingerprint density at radius 1 is 0.700 bits per heavy atom. The van der Waals surface area contributed by atoms with Gasteiger partial charge in [0.15, 0.2) is 5.78 Å². The van der Waals surface area contributed by atoms with Gasteiger partial charge in [-0.25, -0.2) is 4.79 Å². The maximum atomic E-state index is 12.8. The highest BCUT2D eigenvalue weighted by Gasteiger charge is 2.16. The average Bonchev–Trinajstić information content (AvgIpc) is 2.92. The lowest BCUT2D eigenvalue weighted by Crippen LogP contribution is -2.12. The summed E-state index contributed by atoms with van der Waals surface area (Å²) in [6.07, 6.45) is 0.368. The number of amides is 1. The van der Waals surface area contributed by atoms with Crippen LogP contribution in [0, 0.1) is 27.7 Å². The smallest absolute Gasteiger partial charge is 0.373 e. The highest BCUT2D eigenvalue weighted by atomic mass is 16.4. The second kappa shape index (κ2) is 13.1. The minimum Gasteiger partial charge on any atom is -0.478 e. The van der Waals surface area contributed by atoms with Gasteiger partial charge in [0, 0.05) is 23.2 Å². The third-order valence-electron chi connectivity index (χ3n) is 6.73. The molecule has 0 aliphatic carbocycles. The number of carbonyl (C=O) groups is 3. The van der Waals surface area contributed by atoms with Crippen molar-refractivity contribution in [1.29, 1.82) is 0 Å². The molecule has 0 heterocycles. The molecule has 0 aromatic heterocycles. The SMILES string of the molecule is Cc1ccc(C(=O)Cc2ccc(-c3ccc(NC(=O)c4ccc(C)c(C)c4)cc3)c(C(=O)O)c2)cc1C.O=C=O. The third kappa shape index (κ3) is 7.25. The maximum Gasteiger partial charge on any atom is 0.373 e. The van der Waals surface area contributed by atoms with E-state index < -0.39 is 5.97 Å². The van der Waals surface area contributed by atoms with Crippen LogP contribution in [0.1, 0.15) is 58.9 Å². The number of hydrogen-bond acceptors (Lipinski definition) is 5. The lowest BCUT2D eigenvalue weighted by molar-refractivity contribution is -0.191. The van der Waals surface area contributed by atoms with Gasteiger partial charge in [0.25, 0.3) is 5.91 Å². The molecule has 202 valence electrons. The van der Waals surface area contributed by atoms with Crippen molar-refractivity contribution in [1.82, 2.24) is 0 Å². The fraction of sp³-hybridized carbons (Fsp3) is 0.152. The molecule has 0 spiro atoms. The minimum atomic E-state index is -1.07. The molecule has 0 aliphatic rings. The highest BCUT2D eigenvalue weighted by Crippen LogP contribution is 2.27. The van der Waals surface area contributed by atoms with Gasteiger partial charge in [-0.1, -0.05) is 42.5 Å². The minimum absolute atomic E-state index is 0.0592. The number of benzene rings is 4. The van der Waals surface area contributed by atoms with Crippen LogP contribution in [0.5, 0.6) is 0 Å². The van der Waals surface area contributed by atoms with E-state index in [0.717, 1.165) is 22.3 Å². The van der Waals surface area contributed by atoms with Crippen LogP contribution in [0.3, 0.4) is 0 Å². The number of hydrogen-bond donors (Lipinski definition) is 2. The molecule has 7 nitrogen and oxygen atoms in total. The molecular weight excluding hydrogens is 506 g/mol. The predicted octanol–water partition coefficient (Wildman–Crippen LogP) is 6.38. The van der Waals surface area contributed by atoms with Crippen LogP contribution in [0.15, 0.2) is 78.9 Å². The lowest BCUT2D eigenvalue weighted by atomic mass is 9.94. The summed E-state index contributed by atoms with van der Waals surface area (Å²) in [7, 11) is 0. The zero-order valence-electron chi connectivity index (χ0n) is 22.7. The molecule has 0 atom stereocenters. The Kier molecular flexibility index (Phi) is 9.63. The van der Waals surface area contributed by atoms with Crippen LogP contribution in [-0.2, 0) is 16.0 Å². The summed E-state index contributed by atoms with van der Waals surface area (Å²) >= 11 is 0. The van der Waals surface area contributed by atoms with Gasteiger partial charge in [-0.3, -0.25) is 9.59 Å². The van der Waals surface area contributed by atoms with Crippen molar-refractivity contribution in [2.24, 2.45) is 0 Å². The van der Waals surface area contributed by atoms with E-state index in [1.807, 2.05) is 52.0 Å². The first-order valence-electron chi connectivity index (χ1n) is 12.5. The topological polar surface area (TPSA) is 118 Å². The van der Waals surface area contributed by atoms with Gasteiger partial charge in [0.05, 0.1) is 5.56 Å². The zero-order chi connectivity index (χ0) is 29.4. The van der Waals surface area contributed by atoms with Crippen molar-refractivity contribution >= 4 is 29.5 Å². The lowest BCUT2D eigenvalue weighted by Gasteiger charge is -2.11. The largest absolute Gasteiger partial charge is 0.478 e. The number of nitrogens with one attached hydrogen (secondary N) is 1. The Morgan fingerprint density at radius 3 is 1.80 bits per heavy atom. The summed E-state index contributed by atoms with van der Waals surface area (Å²) in [6.45, 7) is 7.92. The number of carboxylic acid groups (broad SMARTS) is 1. The molecule has 4 aromatic rings. The summed E-state index contributed by atoms with van der Waals surface area (Å²) in [4.78, 5) is 53.7. The molecule has 0 aliphatic heterocycles. The normalized spacial score (nSPS) is 10.1. The third-order valence-corrected chi connectivity index (χ3v) is 6.73. The Hall–Kier alpha value is -5.13. The van der Waals surface area contributed by atoms with E-state index in [9.17, 15) is 19.5 Å². The molecule has 4 aromatic carbocycles. The van der Waals surface area contributed by atoms with Crippen LogP contribution < -0.4 is 5.32 Å². The van der Waals surface area contributed by atoms with Crippen molar-refractivity contribution in [2.75, 3.05) is 5.32 Å². The molecule has 40 heavy (non-hydrogen) atoms. The van der Waals surface area contributed by atoms with Crippen molar-refractivity contribution in [3.63, 3.8) is 0 Å². The van der Waals surface area contributed by atoms with Gasteiger partial charge < -0.3 is 10.4 Å². The molecule has 0 unspecified atom stereocenters. The van der Waals surface area contributed by atoms with Gasteiger partial charge >= 0.3 is 12.1 Å². The second-order valence-electron chi connectivity index (χ2n) is 9.50. The molecule has 1 amide bonds. The van der Waals surface area contributed by atoms with Gasteiger partial charge in [-0.2, -0.15) is 9.59 Å². The van der Waals surface area contributed by atoms with Crippen molar-refractivity contribution in [3.05, 3.63) is 123 Å². The Balaban J connectivity index is 0.00000141. The predicted molar refractivity (Wildman–Crippen MR) is 152 cm³/mol. The Bertz CT molecular complexity index is 1610. The number of aromatic carboxylic acids is 1.